The van der Waals surface area contributed by atoms with Gasteiger partial charge in [-0.3, -0.25) is 0 Å². The molecule has 0 bridgehead atoms. The monoisotopic (exact) mass is 190 g/mol. The maximum atomic E-state index is 5.55. The van der Waals surface area contributed by atoms with Crippen molar-refractivity contribution in [1.29, 1.82) is 0 Å². The zero-order chi connectivity index (χ0) is 9.97. The van der Waals surface area contributed by atoms with Crippen molar-refractivity contribution >= 4 is 16.8 Å². The van der Waals surface area contributed by atoms with Gasteiger partial charge < -0.3 is 9.73 Å². The Balaban J connectivity index is 2.55. The molecule has 0 amide bonds. The molecule has 74 valence electrons. The Morgan fingerprint density at radius 1 is 1.36 bits per heavy atom. The first-order chi connectivity index (χ1) is 6.85. The Labute approximate surface area is 83.1 Å². The quantitative estimate of drug-likeness (QED) is 0.808. The van der Waals surface area contributed by atoms with Gasteiger partial charge in [0.1, 0.15) is 5.52 Å². The third-order valence-corrected chi connectivity index (χ3v) is 2.13. The van der Waals surface area contributed by atoms with Crippen molar-refractivity contribution in [3.8, 4) is 0 Å². The summed E-state index contributed by atoms with van der Waals surface area (Å²) in [5.74, 6) is 0.797. The molecule has 2 rings (SSSR count). The molecular weight excluding hydrogens is 176 g/mol. The van der Waals surface area contributed by atoms with Crippen LogP contribution in [0, 0.1) is 0 Å². The molecule has 0 radical (unpaired) electrons. The number of hydrogen-bond acceptors (Lipinski definition) is 3. The van der Waals surface area contributed by atoms with Gasteiger partial charge in [-0.25, -0.2) is 4.98 Å². The summed E-state index contributed by atoms with van der Waals surface area (Å²) in [6.07, 6.45) is 0.834. The minimum absolute atomic E-state index is 0.797. The first-order valence-corrected chi connectivity index (χ1v) is 4.97. The van der Waals surface area contributed by atoms with Crippen molar-refractivity contribution < 1.29 is 4.42 Å². The summed E-state index contributed by atoms with van der Waals surface area (Å²) < 4.78 is 5.55. The fourth-order valence-electron chi connectivity index (χ4n) is 1.48. The second-order valence-electron chi connectivity index (χ2n) is 3.14. The van der Waals surface area contributed by atoms with Gasteiger partial charge in [0.2, 0.25) is 0 Å². The fourth-order valence-corrected chi connectivity index (χ4v) is 1.48. The van der Waals surface area contributed by atoms with Crippen LogP contribution in [0.25, 0.3) is 11.1 Å². The molecule has 0 aliphatic rings. The van der Waals surface area contributed by atoms with E-state index < -0.39 is 0 Å². The lowest BCUT2D eigenvalue weighted by atomic mass is 10.3. The predicted molar refractivity (Wildman–Crippen MR) is 57.6 cm³/mol. The number of oxazole rings is 1. The first kappa shape index (κ1) is 9.06. The van der Waals surface area contributed by atoms with Gasteiger partial charge in [0.25, 0.3) is 0 Å². The van der Waals surface area contributed by atoms with Gasteiger partial charge in [-0.15, -0.1) is 0 Å². The molecule has 0 saturated heterocycles. The smallest absolute Gasteiger partial charge is 0.195 e. The molecule has 0 aliphatic carbocycles. The van der Waals surface area contributed by atoms with Crippen molar-refractivity contribution in [3.05, 3.63) is 24.1 Å². The second kappa shape index (κ2) is 3.70. The van der Waals surface area contributed by atoms with Crippen LogP contribution >= 0.6 is 0 Å². The summed E-state index contributed by atoms with van der Waals surface area (Å²) >= 11 is 0. The van der Waals surface area contributed by atoms with E-state index in [1.54, 1.807) is 0 Å². The molecule has 2 aromatic rings. The van der Waals surface area contributed by atoms with Crippen molar-refractivity contribution in [2.75, 3.05) is 11.9 Å². The Morgan fingerprint density at radius 3 is 2.93 bits per heavy atom. The summed E-state index contributed by atoms with van der Waals surface area (Å²) in [6.45, 7) is 5.00. The van der Waals surface area contributed by atoms with Gasteiger partial charge in [0.15, 0.2) is 11.5 Å². The molecule has 0 saturated carbocycles. The largest absolute Gasteiger partial charge is 0.441 e. The van der Waals surface area contributed by atoms with Gasteiger partial charge in [-0.2, -0.15) is 0 Å². The molecule has 0 unspecified atom stereocenters. The normalized spacial score (nSPS) is 10.7. The van der Waals surface area contributed by atoms with Gasteiger partial charge in [0.05, 0.1) is 5.69 Å². The van der Waals surface area contributed by atoms with Crippen LogP contribution in [0.4, 0.5) is 5.69 Å². The van der Waals surface area contributed by atoms with Gasteiger partial charge in [-0.05, 0) is 19.1 Å². The van der Waals surface area contributed by atoms with Crippen LogP contribution in [-0.4, -0.2) is 11.5 Å². The number of rotatable bonds is 3. The van der Waals surface area contributed by atoms with Crippen LogP contribution in [0.15, 0.2) is 22.6 Å². The molecule has 3 nitrogen and oxygen atoms in total. The van der Waals surface area contributed by atoms with Crippen molar-refractivity contribution in [3.63, 3.8) is 0 Å². The Kier molecular flexibility index (Phi) is 2.39. The number of aryl methyl sites for hydroxylation is 1. The average molecular weight is 190 g/mol. The van der Waals surface area contributed by atoms with E-state index in [0.29, 0.717) is 0 Å². The Hall–Kier alpha value is -1.51. The molecule has 3 heteroatoms. The van der Waals surface area contributed by atoms with E-state index in [-0.39, 0.29) is 0 Å². The number of hydrogen-bond donors (Lipinski definition) is 1. The number of para-hydroxylation sites is 1. The summed E-state index contributed by atoms with van der Waals surface area (Å²) in [5.41, 5.74) is 2.85. The molecule has 0 spiro atoms. The topological polar surface area (TPSA) is 38.1 Å². The second-order valence-corrected chi connectivity index (χ2v) is 3.14. The lowest BCUT2D eigenvalue weighted by molar-refractivity contribution is 0.538. The van der Waals surface area contributed by atoms with E-state index in [1.165, 1.54) is 0 Å². The molecule has 0 fully saturated rings. The molecule has 1 heterocycles. The van der Waals surface area contributed by atoms with Gasteiger partial charge in [0, 0.05) is 13.0 Å². The highest BCUT2D eigenvalue weighted by molar-refractivity contribution is 5.86. The SMILES string of the molecule is CCNc1cccc2oc(CC)nc12. The summed E-state index contributed by atoms with van der Waals surface area (Å²) in [4.78, 5) is 4.42. The van der Waals surface area contributed by atoms with Gasteiger partial charge >= 0.3 is 0 Å². The molecule has 1 aromatic heterocycles. The highest BCUT2D eigenvalue weighted by atomic mass is 16.3. The van der Waals surface area contributed by atoms with Crippen molar-refractivity contribution in [2.24, 2.45) is 0 Å². The van der Waals surface area contributed by atoms with Crippen molar-refractivity contribution in [2.45, 2.75) is 20.3 Å². The van der Waals surface area contributed by atoms with E-state index in [2.05, 4.69) is 17.2 Å². The van der Waals surface area contributed by atoms with E-state index in [9.17, 15) is 0 Å². The standard InChI is InChI=1S/C11H14N2O/c1-3-10-13-11-8(12-4-2)6-5-7-9(11)14-10/h5-7,12H,3-4H2,1-2H3. The average Bonchev–Trinajstić information content (AvgIpc) is 2.62. The number of aromatic nitrogens is 1. The zero-order valence-electron chi connectivity index (χ0n) is 8.50. The summed E-state index contributed by atoms with van der Waals surface area (Å²) in [7, 11) is 0. The molecular formula is C11H14N2O. The lowest BCUT2D eigenvalue weighted by Crippen LogP contribution is -1.96. The lowest BCUT2D eigenvalue weighted by Gasteiger charge is -2.01. The van der Waals surface area contributed by atoms with E-state index in [4.69, 9.17) is 4.42 Å². The van der Waals surface area contributed by atoms with E-state index in [1.807, 2.05) is 25.1 Å². The van der Waals surface area contributed by atoms with Crippen LogP contribution in [0.3, 0.4) is 0 Å². The van der Waals surface area contributed by atoms with E-state index >= 15 is 0 Å². The van der Waals surface area contributed by atoms with Crippen LogP contribution in [0.1, 0.15) is 19.7 Å². The number of nitrogens with one attached hydrogen (secondary N) is 1. The number of fused-ring (bicyclic) bond motifs is 1. The Bertz CT molecular complexity index is 434. The van der Waals surface area contributed by atoms with Crippen LogP contribution in [-0.2, 0) is 6.42 Å². The molecule has 14 heavy (non-hydrogen) atoms. The van der Waals surface area contributed by atoms with Crippen LogP contribution < -0.4 is 5.32 Å². The highest BCUT2D eigenvalue weighted by Gasteiger charge is 2.07. The maximum absolute atomic E-state index is 5.55. The molecule has 0 aliphatic heterocycles. The van der Waals surface area contributed by atoms with Gasteiger partial charge in [-0.1, -0.05) is 13.0 Å². The Morgan fingerprint density at radius 2 is 2.21 bits per heavy atom. The summed E-state index contributed by atoms with van der Waals surface area (Å²) in [6, 6.07) is 5.95. The maximum Gasteiger partial charge on any atom is 0.195 e. The number of anilines is 1. The molecule has 0 atom stereocenters. The third kappa shape index (κ3) is 1.45. The predicted octanol–water partition coefficient (Wildman–Crippen LogP) is 2.82. The van der Waals surface area contributed by atoms with E-state index in [0.717, 1.165) is 35.6 Å². The minimum atomic E-state index is 0.797. The fraction of sp³-hybridized carbons (Fsp3) is 0.364. The molecule has 1 N–H and O–H groups in total. The number of benzene rings is 1. The van der Waals surface area contributed by atoms with Crippen LogP contribution in [0.2, 0.25) is 0 Å². The zero-order valence-corrected chi connectivity index (χ0v) is 8.50. The minimum Gasteiger partial charge on any atom is -0.441 e. The van der Waals surface area contributed by atoms with Crippen molar-refractivity contribution in [1.82, 2.24) is 4.98 Å². The first-order valence-electron chi connectivity index (χ1n) is 4.97. The third-order valence-electron chi connectivity index (χ3n) is 2.13. The number of nitrogens with zero attached hydrogens (tertiary/aromatic N) is 1. The van der Waals surface area contributed by atoms with Crippen LogP contribution in [0.5, 0.6) is 0 Å². The molecule has 1 aromatic carbocycles. The highest BCUT2D eigenvalue weighted by Crippen LogP contribution is 2.23. The summed E-state index contributed by atoms with van der Waals surface area (Å²) in [5, 5.41) is 3.27.